The first-order chi connectivity index (χ1) is 10.6. The lowest BCUT2D eigenvalue weighted by atomic mass is 9.95. The quantitative estimate of drug-likeness (QED) is 0.851. The summed E-state index contributed by atoms with van der Waals surface area (Å²) in [7, 11) is 1.69. The van der Waals surface area contributed by atoms with Crippen LogP contribution in [0.15, 0.2) is 54.2 Å². The Morgan fingerprint density at radius 3 is 2.50 bits per heavy atom. The van der Waals surface area contributed by atoms with Gasteiger partial charge in [0.1, 0.15) is 0 Å². The molecule has 3 heteroatoms. The molecule has 0 aromatic heterocycles. The molecule has 0 saturated heterocycles. The minimum absolute atomic E-state index is 0.0226. The molecule has 0 saturated carbocycles. The molecule has 112 valence electrons. The molecule has 2 aromatic carbocycles. The average Bonchev–Trinajstić information content (AvgIpc) is 2.91. The standard InChI is InChI=1S/C19H19NO2/c1-12(14-8-4-5-9-15(14)13(2)22-3)18-19(21)16-10-6-7-11-17(16)20-18/h4-11,13,20H,1-3H3/b18-12+/t13-/m1/s1. The normalized spacial score (nSPS) is 17.0. The van der Waals surface area contributed by atoms with Crippen molar-refractivity contribution in [3.63, 3.8) is 0 Å². The lowest BCUT2D eigenvalue weighted by Gasteiger charge is -2.16. The van der Waals surface area contributed by atoms with Crippen LogP contribution in [0.25, 0.3) is 5.57 Å². The molecule has 0 amide bonds. The van der Waals surface area contributed by atoms with Crippen LogP contribution in [0.2, 0.25) is 0 Å². The molecule has 1 aliphatic heterocycles. The van der Waals surface area contributed by atoms with Gasteiger partial charge in [-0.25, -0.2) is 0 Å². The Hall–Kier alpha value is -2.39. The second kappa shape index (κ2) is 5.78. The van der Waals surface area contributed by atoms with Gasteiger partial charge < -0.3 is 10.1 Å². The third-order valence-corrected chi connectivity index (χ3v) is 4.19. The fourth-order valence-electron chi connectivity index (χ4n) is 2.83. The van der Waals surface area contributed by atoms with E-state index in [1.165, 1.54) is 0 Å². The molecule has 1 N–H and O–H groups in total. The summed E-state index contributed by atoms with van der Waals surface area (Å²) in [5.74, 6) is 0.0490. The van der Waals surface area contributed by atoms with Crippen LogP contribution in [-0.4, -0.2) is 12.9 Å². The van der Waals surface area contributed by atoms with E-state index in [0.29, 0.717) is 5.70 Å². The molecule has 0 radical (unpaired) electrons. The third-order valence-electron chi connectivity index (χ3n) is 4.19. The first-order valence-corrected chi connectivity index (χ1v) is 7.37. The fourth-order valence-corrected chi connectivity index (χ4v) is 2.83. The summed E-state index contributed by atoms with van der Waals surface area (Å²) in [4.78, 5) is 12.6. The number of carbonyl (C=O) groups is 1. The van der Waals surface area contributed by atoms with E-state index in [9.17, 15) is 4.79 Å². The van der Waals surface area contributed by atoms with E-state index in [4.69, 9.17) is 4.74 Å². The molecule has 1 aliphatic rings. The van der Waals surface area contributed by atoms with Gasteiger partial charge in [-0.3, -0.25) is 4.79 Å². The highest BCUT2D eigenvalue weighted by Gasteiger charge is 2.27. The topological polar surface area (TPSA) is 38.3 Å². The van der Waals surface area contributed by atoms with Crippen molar-refractivity contribution in [2.24, 2.45) is 0 Å². The molecule has 0 spiro atoms. The van der Waals surface area contributed by atoms with E-state index in [2.05, 4.69) is 5.32 Å². The van der Waals surface area contributed by atoms with Gasteiger partial charge >= 0.3 is 0 Å². The number of methoxy groups -OCH3 is 1. The highest BCUT2D eigenvalue weighted by Crippen LogP contribution is 2.34. The smallest absolute Gasteiger partial charge is 0.211 e. The van der Waals surface area contributed by atoms with Crippen LogP contribution in [0.4, 0.5) is 5.69 Å². The van der Waals surface area contributed by atoms with Crippen LogP contribution >= 0.6 is 0 Å². The van der Waals surface area contributed by atoms with E-state index < -0.39 is 0 Å². The van der Waals surface area contributed by atoms with Gasteiger partial charge in [0.2, 0.25) is 5.78 Å². The highest BCUT2D eigenvalue weighted by atomic mass is 16.5. The number of benzene rings is 2. The van der Waals surface area contributed by atoms with Crippen molar-refractivity contribution < 1.29 is 9.53 Å². The fraction of sp³-hybridized carbons (Fsp3) is 0.211. The lowest BCUT2D eigenvalue weighted by molar-refractivity contribution is 0.104. The van der Waals surface area contributed by atoms with Crippen LogP contribution in [0, 0.1) is 0 Å². The molecule has 0 unspecified atom stereocenters. The number of hydrogen-bond donors (Lipinski definition) is 1. The van der Waals surface area contributed by atoms with Crippen LogP contribution in [0.3, 0.4) is 0 Å². The second-order valence-corrected chi connectivity index (χ2v) is 5.46. The number of hydrogen-bond acceptors (Lipinski definition) is 3. The zero-order valence-electron chi connectivity index (χ0n) is 13.0. The molecule has 3 nitrogen and oxygen atoms in total. The molecule has 0 fully saturated rings. The van der Waals surface area contributed by atoms with Gasteiger partial charge in [-0.2, -0.15) is 0 Å². The van der Waals surface area contributed by atoms with Gasteiger partial charge in [0.05, 0.1) is 11.8 Å². The Morgan fingerprint density at radius 2 is 1.77 bits per heavy atom. The van der Waals surface area contributed by atoms with Crippen molar-refractivity contribution in [2.75, 3.05) is 12.4 Å². The van der Waals surface area contributed by atoms with E-state index in [1.54, 1.807) is 7.11 Å². The van der Waals surface area contributed by atoms with Gasteiger partial charge in [0, 0.05) is 18.4 Å². The molecule has 22 heavy (non-hydrogen) atoms. The Balaban J connectivity index is 2.09. The monoisotopic (exact) mass is 293 g/mol. The third kappa shape index (κ3) is 2.34. The summed E-state index contributed by atoms with van der Waals surface area (Å²) in [5, 5.41) is 3.26. The van der Waals surface area contributed by atoms with Crippen molar-refractivity contribution >= 4 is 17.0 Å². The molecule has 3 rings (SSSR count). The number of ketones is 1. The summed E-state index contributed by atoms with van der Waals surface area (Å²) >= 11 is 0. The van der Waals surface area contributed by atoms with Gasteiger partial charge in [-0.15, -0.1) is 0 Å². The Kier molecular flexibility index (Phi) is 3.82. The number of Topliss-reactive ketones (excluding diaryl/α,β-unsaturated/α-hetero) is 1. The van der Waals surface area contributed by atoms with E-state index in [0.717, 1.165) is 28.0 Å². The summed E-state index contributed by atoms with van der Waals surface area (Å²) < 4.78 is 5.45. The summed E-state index contributed by atoms with van der Waals surface area (Å²) in [6.07, 6.45) is -0.0226. The van der Waals surface area contributed by atoms with Crippen LogP contribution in [0.1, 0.15) is 41.4 Å². The number of ether oxygens (including phenoxy) is 1. The molecule has 1 atom stereocenters. The van der Waals surface area contributed by atoms with Crippen LogP contribution in [-0.2, 0) is 4.74 Å². The number of nitrogens with one attached hydrogen (secondary N) is 1. The minimum Gasteiger partial charge on any atom is -0.377 e. The maximum absolute atomic E-state index is 12.6. The average molecular weight is 293 g/mol. The maximum atomic E-state index is 12.6. The van der Waals surface area contributed by atoms with E-state index >= 15 is 0 Å². The van der Waals surface area contributed by atoms with Gasteiger partial charge in [-0.05, 0) is 42.7 Å². The molecule has 1 heterocycles. The SMILES string of the molecule is CO[C@H](C)c1ccccc1/C(C)=C1/Nc2ccccc2C1=O. The van der Waals surface area contributed by atoms with Crippen molar-refractivity contribution in [3.8, 4) is 0 Å². The van der Waals surface area contributed by atoms with Gasteiger partial charge in [-0.1, -0.05) is 36.4 Å². The zero-order valence-corrected chi connectivity index (χ0v) is 13.0. The zero-order chi connectivity index (χ0) is 15.7. The molecule has 0 aliphatic carbocycles. The summed E-state index contributed by atoms with van der Waals surface area (Å²) in [6.45, 7) is 3.99. The molecular formula is C19H19NO2. The first-order valence-electron chi connectivity index (χ1n) is 7.37. The first kappa shape index (κ1) is 14.5. The number of para-hydroxylation sites is 1. The molecular weight excluding hydrogens is 274 g/mol. The summed E-state index contributed by atoms with van der Waals surface area (Å²) in [5.41, 5.74) is 5.33. The lowest BCUT2D eigenvalue weighted by Crippen LogP contribution is -2.06. The number of anilines is 1. The second-order valence-electron chi connectivity index (χ2n) is 5.46. The minimum atomic E-state index is -0.0226. The Bertz CT molecular complexity index is 762. The predicted octanol–water partition coefficient (Wildman–Crippen LogP) is 4.43. The summed E-state index contributed by atoms with van der Waals surface area (Å²) in [6, 6.07) is 15.6. The predicted molar refractivity (Wildman–Crippen MR) is 88.9 cm³/mol. The van der Waals surface area contributed by atoms with Gasteiger partial charge in [0.15, 0.2) is 0 Å². The Morgan fingerprint density at radius 1 is 1.09 bits per heavy atom. The maximum Gasteiger partial charge on any atom is 0.211 e. The van der Waals surface area contributed by atoms with Crippen molar-refractivity contribution in [3.05, 3.63) is 70.9 Å². The van der Waals surface area contributed by atoms with Crippen molar-refractivity contribution in [1.29, 1.82) is 0 Å². The van der Waals surface area contributed by atoms with Crippen molar-refractivity contribution in [2.45, 2.75) is 20.0 Å². The molecule has 2 aromatic rings. The van der Waals surface area contributed by atoms with Crippen molar-refractivity contribution in [1.82, 2.24) is 0 Å². The number of carbonyl (C=O) groups excluding carboxylic acids is 1. The number of rotatable bonds is 3. The molecule has 0 bridgehead atoms. The highest BCUT2D eigenvalue weighted by molar-refractivity contribution is 6.21. The largest absolute Gasteiger partial charge is 0.377 e. The number of allylic oxidation sites excluding steroid dienone is 2. The van der Waals surface area contributed by atoms with E-state index in [-0.39, 0.29) is 11.9 Å². The van der Waals surface area contributed by atoms with Crippen LogP contribution < -0.4 is 5.32 Å². The number of fused-ring (bicyclic) bond motifs is 1. The van der Waals surface area contributed by atoms with Gasteiger partial charge in [0.25, 0.3) is 0 Å². The van der Waals surface area contributed by atoms with E-state index in [1.807, 2.05) is 62.4 Å². The Labute approximate surface area is 130 Å². The van der Waals surface area contributed by atoms with Crippen LogP contribution in [0.5, 0.6) is 0 Å².